The highest BCUT2D eigenvalue weighted by Gasteiger charge is 2.41. The summed E-state index contributed by atoms with van der Waals surface area (Å²) in [5.41, 5.74) is 1.37. The van der Waals surface area contributed by atoms with E-state index in [0.29, 0.717) is 12.1 Å². The van der Waals surface area contributed by atoms with Crippen LogP contribution in [0.2, 0.25) is 0 Å². The molecule has 2 unspecified atom stereocenters. The van der Waals surface area contributed by atoms with Crippen LogP contribution in [0, 0.1) is 5.92 Å². The Bertz CT molecular complexity index is 573. The van der Waals surface area contributed by atoms with Gasteiger partial charge in [-0.05, 0) is 49.5 Å². The molecular weight excluding hydrogens is 272 g/mol. The summed E-state index contributed by atoms with van der Waals surface area (Å²) in [4.78, 5) is 2.66. The molecule has 3 heteroatoms. The van der Waals surface area contributed by atoms with Crippen molar-refractivity contribution in [3.63, 3.8) is 0 Å². The van der Waals surface area contributed by atoms with Crippen LogP contribution in [-0.4, -0.2) is 30.1 Å². The molecule has 0 radical (unpaired) electrons. The predicted molar refractivity (Wildman–Crippen MR) is 87.6 cm³/mol. The highest BCUT2D eigenvalue weighted by molar-refractivity contribution is 5.15. The monoisotopic (exact) mass is 296 g/mol. The summed E-state index contributed by atoms with van der Waals surface area (Å²) in [5.74, 6) is 1.93. The van der Waals surface area contributed by atoms with Crippen molar-refractivity contribution in [3.8, 4) is 0 Å². The first-order valence-electron chi connectivity index (χ1n) is 8.44. The Hall–Kier alpha value is -1.58. The van der Waals surface area contributed by atoms with E-state index >= 15 is 0 Å². The van der Waals surface area contributed by atoms with E-state index in [0.717, 1.165) is 24.6 Å². The van der Waals surface area contributed by atoms with Crippen LogP contribution in [0.4, 0.5) is 0 Å². The topological polar surface area (TPSA) is 28.4 Å². The second-order valence-corrected chi connectivity index (χ2v) is 6.62. The van der Waals surface area contributed by atoms with Crippen molar-refractivity contribution in [2.45, 2.75) is 37.9 Å². The van der Waals surface area contributed by atoms with Crippen LogP contribution in [-0.2, 0) is 13.0 Å². The number of rotatable bonds is 5. The maximum Gasteiger partial charge on any atom is 0.105 e. The van der Waals surface area contributed by atoms with E-state index in [-0.39, 0.29) is 0 Å². The minimum atomic E-state index is 0.572. The smallest absolute Gasteiger partial charge is 0.105 e. The van der Waals surface area contributed by atoms with Crippen LogP contribution in [0.3, 0.4) is 0 Å². The van der Waals surface area contributed by atoms with Crippen LogP contribution < -0.4 is 5.32 Å². The maximum absolute atomic E-state index is 5.60. The molecule has 2 aromatic rings. The second-order valence-electron chi connectivity index (χ2n) is 6.62. The average Bonchev–Trinajstić information content (AvgIpc) is 3.09. The zero-order chi connectivity index (χ0) is 14.8. The van der Waals surface area contributed by atoms with Crippen molar-refractivity contribution in [3.05, 3.63) is 60.1 Å². The van der Waals surface area contributed by atoms with Crippen LogP contribution in [0.25, 0.3) is 0 Å². The molecule has 0 saturated carbocycles. The molecule has 0 amide bonds. The molecular formula is C19H24N2O. The van der Waals surface area contributed by atoms with Gasteiger partial charge in [0.05, 0.1) is 6.26 Å². The maximum atomic E-state index is 5.60. The number of piperidine rings is 3. The zero-order valence-electron chi connectivity index (χ0n) is 12.9. The summed E-state index contributed by atoms with van der Waals surface area (Å²) in [6, 6.07) is 16.0. The quantitative estimate of drug-likeness (QED) is 0.919. The molecule has 3 aliphatic rings. The Morgan fingerprint density at radius 2 is 1.86 bits per heavy atom. The molecule has 116 valence electrons. The van der Waals surface area contributed by atoms with Gasteiger partial charge in [-0.15, -0.1) is 0 Å². The molecule has 2 atom stereocenters. The lowest BCUT2D eigenvalue weighted by Gasteiger charge is -2.51. The van der Waals surface area contributed by atoms with Crippen molar-refractivity contribution >= 4 is 0 Å². The minimum absolute atomic E-state index is 0.572. The summed E-state index contributed by atoms with van der Waals surface area (Å²) in [6.07, 6.45) is 5.48. The Balaban J connectivity index is 1.47. The van der Waals surface area contributed by atoms with Gasteiger partial charge in [-0.3, -0.25) is 4.90 Å². The van der Waals surface area contributed by atoms with Gasteiger partial charge in [0, 0.05) is 25.0 Å². The van der Waals surface area contributed by atoms with Crippen LogP contribution in [0.15, 0.2) is 53.1 Å². The molecule has 1 N–H and O–H groups in total. The lowest BCUT2D eigenvalue weighted by atomic mass is 9.77. The summed E-state index contributed by atoms with van der Waals surface area (Å²) in [5, 5.41) is 3.85. The molecule has 0 aliphatic carbocycles. The van der Waals surface area contributed by atoms with E-state index in [9.17, 15) is 0 Å². The number of nitrogens with one attached hydrogen (secondary N) is 1. The number of benzene rings is 1. The molecule has 3 nitrogen and oxygen atoms in total. The van der Waals surface area contributed by atoms with E-state index < -0.39 is 0 Å². The van der Waals surface area contributed by atoms with E-state index in [1.165, 1.54) is 31.5 Å². The first-order chi connectivity index (χ1) is 10.9. The molecule has 0 spiro atoms. The lowest BCUT2D eigenvalue weighted by molar-refractivity contribution is 0.0105. The Labute approximate surface area is 132 Å². The van der Waals surface area contributed by atoms with Gasteiger partial charge in [-0.25, -0.2) is 0 Å². The number of furan rings is 1. The largest absolute Gasteiger partial charge is 0.469 e. The standard InChI is InChI=1S/C19H24N2O/c1-2-5-15(6-3-1)14-20-19-16-8-10-21(11-9-16)18(19)13-17-7-4-12-22-17/h1-7,12,16,18-20H,8-11,13-14H2. The fourth-order valence-electron chi connectivity index (χ4n) is 4.18. The summed E-state index contributed by atoms with van der Waals surface area (Å²) >= 11 is 0. The minimum Gasteiger partial charge on any atom is -0.469 e. The van der Waals surface area contributed by atoms with E-state index in [2.05, 4.69) is 46.6 Å². The molecule has 5 rings (SSSR count). The van der Waals surface area contributed by atoms with Gasteiger partial charge in [0.15, 0.2) is 0 Å². The molecule has 3 aliphatic heterocycles. The summed E-state index contributed by atoms with van der Waals surface area (Å²) < 4.78 is 5.60. The van der Waals surface area contributed by atoms with Crippen molar-refractivity contribution < 1.29 is 4.42 Å². The third kappa shape index (κ3) is 2.83. The number of fused-ring (bicyclic) bond motifs is 3. The van der Waals surface area contributed by atoms with Gasteiger partial charge in [-0.2, -0.15) is 0 Å². The highest BCUT2D eigenvalue weighted by atomic mass is 16.3. The molecule has 2 bridgehead atoms. The zero-order valence-corrected chi connectivity index (χ0v) is 12.9. The van der Waals surface area contributed by atoms with Gasteiger partial charge in [0.2, 0.25) is 0 Å². The van der Waals surface area contributed by atoms with Crippen molar-refractivity contribution in [1.29, 1.82) is 0 Å². The first kappa shape index (κ1) is 14.0. The number of hydrogen-bond donors (Lipinski definition) is 1. The molecule has 3 fully saturated rings. The lowest BCUT2D eigenvalue weighted by Crippen LogP contribution is -2.63. The highest BCUT2D eigenvalue weighted by Crippen LogP contribution is 2.34. The fraction of sp³-hybridized carbons (Fsp3) is 0.474. The summed E-state index contributed by atoms with van der Waals surface area (Å²) in [6.45, 7) is 3.46. The van der Waals surface area contributed by atoms with Gasteiger partial charge < -0.3 is 9.73 Å². The predicted octanol–water partition coefficient (Wildman–Crippen LogP) is 3.07. The van der Waals surface area contributed by atoms with Gasteiger partial charge in [-0.1, -0.05) is 30.3 Å². The normalized spacial score (nSPS) is 30.5. The van der Waals surface area contributed by atoms with E-state index in [1.807, 2.05) is 6.07 Å². The third-order valence-electron chi connectivity index (χ3n) is 5.34. The van der Waals surface area contributed by atoms with E-state index in [4.69, 9.17) is 4.42 Å². The van der Waals surface area contributed by atoms with Gasteiger partial charge in [0.25, 0.3) is 0 Å². The van der Waals surface area contributed by atoms with Gasteiger partial charge >= 0.3 is 0 Å². The van der Waals surface area contributed by atoms with Crippen LogP contribution >= 0.6 is 0 Å². The number of hydrogen-bond acceptors (Lipinski definition) is 3. The Morgan fingerprint density at radius 3 is 2.59 bits per heavy atom. The van der Waals surface area contributed by atoms with Crippen LogP contribution in [0.5, 0.6) is 0 Å². The first-order valence-corrected chi connectivity index (χ1v) is 8.44. The van der Waals surface area contributed by atoms with Crippen molar-refractivity contribution in [1.82, 2.24) is 10.2 Å². The van der Waals surface area contributed by atoms with Crippen molar-refractivity contribution in [2.24, 2.45) is 5.92 Å². The molecule has 3 saturated heterocycles. The average molecular weight is 296 g/mol. The third-order valence-corrected chi connectivity index (χ3v) is 5.34. The van der Waals surface area contributed by atoms with E-state index in [1.54, 1.807) is 6.26 Å². The van der Waals surface area contributed by atoms with Crippen molar-refractivity contribution in [2.75, 3.05) is 13.1 Å². The fourth-order valence-corrected chi connectivity index (χ4v) is 4.18. The second kappa shape index (κ2) is 6.27. The molecule has 4 heterocycles. The SMILES string of the molecule is c1ccc(CNC2C3CCN(CC3)C2Cc2ccco2)cc1. The van der Waals surface area contributed by atoms with Crippen LogP contribution in [0.1, 0.15) is 24.2 Å². The Morgan fingerprint density at radius 1 is 1.05 bits per heavy atom. The number of nitrogens with zero attached hydrogens (tertiary/aromatic N) is 1. The molecule has 1 aromatic carbocycles. The Kier molecular flexibility index (Phi) is 4.00. The van der Waals surface area contributed by atoms with Gasteiger partial charge in [0.1, 0.15) is 5.76 Å². The molecule has 1 aromatic heterocycles. The summed E-state index contributed by atoms with van der Waals surface area (Å²) in [7, 11) is 0. The molecule has 22 heavy (non-hydrogen) atoms.